The topological polar surface area (TPSA) is 0 Å². The average Bonchev–Trinajstić information content (AvgIpc) is 2.29. The van der Waals surface area contributed by atoms with Gasteiger partial charge in [-0.2, -0.15) is 0 Å². The molecule has 0 unspecified atom stereocenters. The molecule has 0 atom stereocenters. The largest absolute Gasteiger partial charge is 0.0798 e. The van der Waals surface area contributed by atoms with Gasteiger partial charge >= 0.3 is 0 Å². The van der Waals surface area contributed by atoms with Crippen LogP contribution in [0.4, 0.5) is 0 Å². The Hall–Kier alpha value is -1.30. The predicted molar refractivity (Wildman–Crippen MR) is 80.5 cm³/mol. The van der Waals surface area contributed by atoms with E-state index in [0.717, 1.165) is 0 Å². The lowest BCUT2D eigenvalue weighted by atomic mass is 9.74. The number of benzene rings is 1. The van der Waals surface area contributed by atoms with Crippen LogP contribution in [0.15, 0.2) is 41.5 Å². The summed E-state index contributed by atoms with van der Waals surface area (Å²) in [4.78, 5) is 0. The molecule has 0 aromatic heterocycles. The minimum atomic E-state index is 0.222. The SMILES string of the molecule is CC1=C(c2ccccc2C)C(C(C)(C)C)=CCC1. The highest BCUT2D eigenvalue weighted by Gasteiger charge is 2.25. The molecule has 1 aromatic carbocycles. The highest BCUT2D eigenvalue weighted by atomic mass is 14.3. The average molecular weight is 240 g/mol. The Morgan fingerprint density at radius 3 is 2.28 bits per heavy atom. The van der Waals surface area contributed by atoms with Crippen LogP contribution in [0.5, 0.6) is 0 Å². The highest BCUT2D eigenvalue weighted by molar-refractivity contribution is 5.84. The second-order valence-corrected chi connectivity index (χ2v) is 6.38. The van der Waals surface area contributed by atoms with Crippen LogP contribution in [-0.4, -0.2) is 0 Å². The smallest absolute Gasteiger partial charge is 0.0129 e. The zero-order valence-corrected chi connectivity index (χ0v) is 12.3. The van der Waals surface area contributed by atoms with Crippen LogP contribution in [0.2, 0.25) is 0 Å². The molecule has 2 rings (SSSR count). The Kier molecular flexibility index (Phi) is 3.47. The van der Waals surface area contributed by atoms with E-state index in [1.165, 1.54) is 40.7 Å². The standard InChI is InChI=1S/C18H24/c1-13-9-6-7-11-15(13)17-14(2)10-8-12-16(17)18(3,4)5/h6-7,9,11-12H,8,10H2,1-5H3. The molecule has 0 saturated heterocycles. The second kappa shape index (κ2) is 4.76. The van der Waals surface area contributed by atoms with Crippen LogP contribution in [0.25, 0.3) is 5.57 Å². The van der Waals surface area contributed by atoms with E-state index in [1.54, 1.807) is 0 Å². The van der Waals surface area contributed by atoms with E-state index < -0.39 is 0 Å². The van der Waals surface area contributed by atoms with Crippen molar-refractivity contribution in [1.82, 2.24) is 0 Å². The summed E-state index contributed by atoms with van der Waals surface area (Å²) in [5.41, 5.74) is 7.56. The summed E-state index contributed by atoms with van der Waals surface area (Å²) in [5.74, 6) is 0. The van der Waals surface area contributed by atoms with E-state index in [4.69, 9.17) is 0 Å². The number of hydrogen-bond acceptors (Lipinski definition) is 0. The summed E-state index contributed by atoms with van der Waals surface area (Å²) in [6.45, 7) is 11.5. The van der Waals surface area contributed by atoms with Gasteiger partial charge in [0.25, 0.3) is 0 Å². The van der Waals surface area contributed by atoms with Crippen molar-refractivity contribution in [2.75, 3.05) is 0 Å². The van der Waals surface area contributed by atoms with E-state index in [2.05, 4.69) is 65.0 Å². The van der Waals surface area contributed by atoms with Crippen LogP contribution < -0.4 is 0 Å². The van der Waals surface area contributed by atoms with Crippen molar-refractivity contribution in [3.63, 3.8) is 0 Å². The van der Waals surface area contributed by atoms with Gasteiger partial charge in [0.2, 0.25) is 0 Å². The molecule has 0 amide bonds. The lowest BCUT2D eigenvalue weighted by Crippen LogP contribution is -2.15. The van der Waals surface area contributed by atoms with E-state index in [9.17, 15) is 0 Å². The van der Waals surface area contributed by atoms with E-state index in [1.807, 2.05) is 0 Å². The summed E-state index contributed by atoms with van der Waals surface area (Å²) in [7, 11) is 0. The van der Waals surface area contributed by atoms with Gasteiger partial charge in [-0.15, -0.1) is 0 Å². The van der Waals surface area contributed by atoms with Crippen molar-refractivity contribution in [2.24, 2.45) is 5.41 Å². The van der Waals surface area contributed by atoms with Crippen LogP contribution >= 0.6 is 0 Å². The lowest BCUT2D eigenvalue weighted by Gasteiger charge is -2.31. The summed E-state index contributed by atoms with van der Waals surface area (Å²) in [5, 5.41) is 0. The molecule has 0 radical (unpaired) electrons. The monoisotopic (exact) mass is 240 g/mol. The van der Waals surface area contributed by atoms with Crippen molar-refractivity contribution in [1.29, 1.82) is 0 Å². The molecule has 1 aromatic rings. The first-order valence-electron chi connectivity index (χ1n) is 6.88. The molecule has 18 heavy (non-hydrogen) atoms. The molecule has 1 aliphatic rings. The van der Waals surface area contributed by atoms with Crippen molar-refractivity contribution in [3.8, 4) is 0 Å². The van der Waals surface area contributed by atoms with Gasteiger partial charge in [0.15, 0.2) is 0 Å². The zero-order valence-electron chi connectivity index (χ0n) is 12.3. The quantitative estimate of drug-likeness (QED) is 0.605. The third-order valence-electron chi connectivity index (χ3n) is 3.79. The third kappa shape index (κ3) is 2.43. The van der Waals surface area contributed by atoms with Crippen LogP contribution in [0.1, 0.15) is 51.7 Å². The zero-order chi connectivity index (χ0) is 13.3. The molecule has 1 aliphatic carbocycles. The summed E-state index contributed by atoms with van der Waals surface area (Å²) in [6, 6.07) is 8.75. The molecule has 0 heterocycles. The first-order valence-corrected chi connectivity index (χ1v) is 6.88. The first-order chi connectivity index (χ1) is 8.41. The number of rotatable bonds is 1. The maximum absolute atomic E-state index is 2.44. The molecule has 0 spiro atoms. The molecule has 0 aliphatic heterocycles. The Morgan fingerprint density at radius 1 is 1.00 bits per heavy atom. The molecular formula is C18H24. The van der Waals surface area contributed by atoms with Gasteiger partial charge in [0, 0.05) is 0 Å². The highest BCUT2D eigenvalue weighted by Crippen LogP contribution is 2.43. The predicted octanol–water partition coefficient (Wildman–Crippen LogP) is 5.53. The van der Waals surface area contributed by atoms with Crippen LogP contribution in [0, 0.1) is 12.3 Å². The fraction of sp³-hybridized carbons (Fsp3) is 0.444. The van der Waals surface area contributed by atoms with Gasteiger partial charge in [-0.25, -0.2) is 0 Å². The minimum Gasteiger partial charge on any atom is -0.0798 e. The molecule has 0 heteroatoms. The number of aryl methyl sites for hydroxylation is 1. The van der Waals surface area contributed by atoms with E-state index in [-0.39, 0.29) is 5.41 Å². The van der Waals surface area contributed by atoms with Crippen LogP contribution in [0.3, 0.4) is 0 Å². The molecule has 0 fully saturated rings. The minimum absolute atomic E-state index is 0.222. The normalized spacial score (nSPS) is 16.8. The number of allylic oxidation sites excluding steroid dienone is 4. The molecule has 0 N–H and O–H groups in total. The molecule has 0 saturated carbocycles. The van der Waals surface area contributed by atoms with E-state index in [0.29, 0.717) is 0 Å². The van der Waals surface area contributed by atoms with Crippen molar-refractivity contribution < 1.29 is 0 Å². The Morgan fingerprint density at radius 2 is 1.67 bits per heavy atom. The van der Waals surface area contributed by atoms with Gasteiger partial charge in [0.05, 0.1) is 0 Å². The maximum Gasteiger partial charge on any atom is -0.0129 e. The molecule has 96 valence electrons. The summed E-state index contributed by atoms with van der Waals surface area (Å²) >= 11 is 0. The van der Waals surface area contributed by atoms with Gasteiger partial charge in [0.1, 0.15) is 0 Å². The Balaban J connectivity index is 2.59. The van der Waals surface area contributed by atoms with Gasteiger partial charge in [-0.1, -0.05) is 56.7 Å². The first kappa shape index (κ1) is 13.1. The fourth-order valence-electron chi connectivity index (χ4n) is 2.80. The summed E-state index contributed by atoms with van der Waals surface area (Å²) < 4.78 is 0. The fourth-order valence-corrected chi connectivity index (χ4v) is 2.80. The van der Waals surface area contributed by atoms with Crippen molar-refractivity contribution in [2.45, 2.75) is 47.5 Å². The molecule has 0 bridgehead atoms. The second-order valence-electron chi connectivity index (χ2n) is 6.38. The van der Waals surface area contributed by atoms with Gasteiger partial charge in [-0.05, 0) is 54.4 Å². The Labute approximate surface area is 111 Å². The molecular weight excluding hydrogens is 216 g/mol. The summed E-state index contributed by atoms with van der Waals surface area (Å²) in [6.07, 6.45) is 4.83. The van der Waals surface area contributed by atoms with Crippen molar-refractivity contribution >= 4 is 5.57 Å². The third-order valence-corrected chi connectivity index (χ3v) is 3.79. The van der Waals surface area contributed by atoms with Gasteiger partial charge < -0.3 is 0 Å². The maximum atomic E-state index is 2.44. The van der Waals surface area contributed by atoms with Gasteiger partial charge in [-0.3, -0.25) is 0 Å². The molecule has 0 nitrogen and oxygen atoms in total. The van der Waals surface area contributed by atoms with E-state index >= 15 is 0 Å². The van der Waals surface area contributed by atoms with Crippen LogP contribution in [-0.2, 0) is 0 Å². The Bertz CT molecular complexity index is 507. The lowest BCUT2D eigenvalue weighted by molar-refractivity contribution is 0.515. The van der Waals surface area contributed by atoms with Crippen molar-refractivity contribution in [3.05, 3.63) is 52.6 Å². The number of hydrogen-bond donors (Lipinski definition) is 0.